The van der Waals surface area contributed by atoms with Gasteiger partial charge in [-0.2, -0.15) is 0 Å². The largest absolute Gasteiger partial charge is 0.428 e. The SMILES string of the molecule is C=CC(C)(CCC)CCCCO[SiH3]. The molecule has 0 radical (unpaired) electrons. The monoisotopic (exact) mass is 200 g/mol. The van der Waals surface area contributed by atoms with E-state index < -0.39 is 0 Å². The molecule has 0 aromatic rings. The number of rotatable bonds is 8. The van der Waals surface area contributed by atoms with E-state index in [4.69, 9.17) is 4.43 Å². The Balaban J connectivity index is 3.63. The second-order valence-electron chi connectivity index (χ2n) is 4.06. The molecule has 78 valence electrons. The van der Waals surface area contributed by atoms with Gasteiger partial charge >= 0.3 is 0 Å². The summed E-state index contributed by atoms with van der Waals surface area (Å²) in [5.74, 6) is 0. The van der Waals surface area contributed by atoms with Crippen LogP contribution in [0.3, 0.4) is 0 Å². The maximum absolute atomic E-state index is 5.16. The average molecular weight is 200 g/mol. The van der Waals surface area contributed by atoms with Gasteiger partial charge in [-0.05, 0) is 24.7 Å². The first kappa shape index (κ1) is 12.9. The summed E-state index contributed by atoms with van der Waals surface area (Å²) >= 11 is 0. The van der Waals surface area contributed by atoms with Crippen molar-refractivity contribution in [3.63, 3.8) is 0 Å². The maximum Gasteiger partial charge on any atom is 0.145 e. The molecule has 0 aliphatic carbocycles. The Hall–Kier alpha value is -0.0831. The summed E-state index contributed by atoms with van der Waals surface area (Å²) in [4.78, 5) is 0. The minimum atomic E-state index is 0.361. The van der Waals surface area contributed by atoms with Crippen molar-refractivity contribution in [3.05, 3.63) is 12.7 Å². The van der Waals surface area contributed by atoms with E-state index in [-0.39, 0.29) is 0 Å². The first-order valence-corrected chi connectivity index (χ1v) is 6.12. The van der Waals surface area contributed by atoms with E-state index in [9.17, 15) is 0 Å². The normalized spacial score (nSPS) is 15.5. The summed E-state index contributed by atoms with van der Waals surface area (Å²) in [5.41, 5.74) is 0.361. The fraction of sp³-hybridized carbons (Fsp3) is 0.818. The Morgan fingerprint density at radius 2 is 2.08 bits per heavy atom. The van der Waals surface area contributed by atoms with Crippen LogP contribution in [0.15, 0.2) is 12.7 Å². The molecule has 1 atom stereocenters. The first-order valence-electron chi connectivity index (χ1n) is 5.31. The molecular weight excluding hydrogens is 176 g/mol. The van der Waals surface area contributed by atoms with Crippen molar-refractivity contribution in [3.8, 4) is 0 Å². The third-order valence-corrected chi connectivity index (χ3v) is 3.07. The van der Waals surface area contributed by atoms with Crippen LogP contribution in [0.5, 0.6) is 0 Å². The van der Waals surface area contributed by atoms with E-state index in [0.29, 0.717) is 5.41 Å². The van der Waals surface area contributed by atoms with Crippen molar-refractivity contribution in [2.24, 2.45) is 5.41 Å². The third-order valence-electron chi connectivity index (χ3n) is 2.66. The Bertz CT molecular complexity index is 136. The maximum atomic E-state index is 5.16. The molecule has 0 N–H and O–H groups in total. The molecule has 0 spiro atoms. The Kier molecular flexibility index (Phi) is 7.29. The van der Waals surface area contributed by atoms with E-state index in [0.717, 1.165) is 17.1 Å². The quantitative estimate of drug-likeness (QED) is 0.332. The lowest BCUT2D eigenvalue weighted by Crippen LogP contribution is -2.12. The summed E-state index contributed by atoms with van der Waals surface area (Å²) in [5, 5.41) is 0. The molecule has 0 bridgehead atoms. The molecule has 0 saturated carbocycles. The zero-order valence-electron chi connectivity index (χ0n) is 9.44. The first-order chi connectivity index (χ1) is 6.18. The highest BCUT2D eigenvalue weighted by Gasteiger charge is 2.17. The van der Waals surface area contributed by atoms with Crippen LogP contribution < -0.4 is 0 Å². The minimum Gasteiger partial charge on any atom is -0.428 e. The van der Waals surface area contributed by atoms with Crippen molar-refractivity contribution in [1.82, 2.24) is 0 Å². The van der Waals surface area contributed by atoms with Crippen molar-refractivity contribution < 1.29 is 4.43 Å². The van der Waals surface area contributed by atoms with Gasteiger partial charge < -0.3 is 4.43 Å². The standard InChI is InChI=1S/C11H24OSi/c1-4-8-11(3,5-2)9-6-7-10-12-13/h5H,2,4,6-10H2,1,3,13H3. The average Bonchev–Trinajstić information content (AvgIpc) is 2.13. The molecule has 0 fully saturated rings. The molecule has 0 aliphatic rings. The summed E-state index contributed by atoms with van der Waals surface area (Å²) in [6.45, 7) is 9.43. The minimum absolute atomic E-state index is 0.361. The zero-order chi connectivity index (χ0) is 10.2. The number of allylic oxidation sites excluding steroid dienone is 1. The van der Waals surface area contributed by atoms with Crippen LogP contribution in [0.2, 0.25) is 0 Å². The second-order valence-corrected chi connectivity index (χ2v) is 4.64. The van der Waals surface area contributed by atoms with Gasteiger partial charge in [-0.1, -0.05) is 32.8 Å². The zero-order valence-corrected chi connectivity index (χ0v) is 11.4. The molecule has 0 saturated heterocycles. The van der Waals surface area contributed by atoms with Gasteiger partial charge in [0.25, 0.3) is 0 Å². The van der Waals surface area contributed by atoms with Crippen LogP contribution in [0, 0.1) is 5.41 Å². The Labute approximate surface area is 86.1 Å². The lowest BCUT2D eigenvalue weighted by Gasteiger charge is -2.24. The van der Waals surface area contributed by atoms with Gasteiger partial charge in [-0.25, -0.2) is 0 Å². The molecule has 1 nitrogen and oxygen atoms in total. The fourth-order valence-electron chi connectivity index (χ4n) is 1.68. The molecule has 0 aliphatic heterocycles. The molecule has 1 unspecified atom stereocenters. The van der Waals surface area contributed by atoms with Gasteiger partial charge in [0, 0.05) is 6.61 Å². The van der Waals surface area contributed by atoms with Gasteiger partial charge in [0.15, 0.2) is 0 Å². The Morgan fingerprint density at radius 3 is 2.54 bits per heavy atom. The molecule has 2 heteroatoms. The van der Waals surface area contributed by atoms with E-state index in [2.05, 4.69) is 26.5 Å². The number of hydrogen-bond donors (Lipinski definition) is 0. The van der Waals surface area contributed by atoms with Gasteiger partial charge in [0.2, 0.25) is 0 Å². The van der Waals surface area contributed by atoms with Crippen LogP contribution in [0.1, 0.15) is 46.0 Å². The molecule has 0 aromatic carbocycles. The highest BCUT2D eigenvalue weighted by atomic mass is 28.2. The predicted molar refractivity (Wildman–Crippen MR) is 63.0 cm³/mol. The van der Waals surface area contributed by atoms with Gasteiger partial charge in [-0.15, -0.1) is 6.58 Å². The van der Waals surface area contributed by atoms with Crippen molar-refractivity contribution in [2.75, 3.05) is 6.61 Å². The van der Waals surface area contributed by atoms with Crippen LogP contribution >= 0.6 is 0 Å². The molecule has 0 aromatic heterocycles. The van der Waals surface area contributed by atoms with Crippen LogP contribution in [-0.2, 0) is 4.43 Å². The summed E-state index contributed by atoms with van der Waals surface area (Å²) in [6, 6.07) is 0. The highest BCUT2D eigenvalue weighted by Crippen LogP contribution is 2.30. The summed E-state index contributed by atoms with van der Waals surface area (Å²) in [7, 11) is 0.877. The smallest absolute Gasteiger partial charge is 0.145 e. The van der Waals surface area contributed by atoms with E-state index >= 15 is 0 Å². The second kappa shape index (κ2) is 7.33. The number of hydrogen-bond acceptors (Lipinski definition) is 1. The lowest BCUT2D eigenvalue weighted by atomic mass is 9.81. The number of unbranched alkanes of at least 4 members (excludes halogenated alkanes) is 1. The van der Waals surface area contributed by atoms with Crippen LogP contribution in [0.4, 0.5) is 0 Å². The van der Waals surface area contributed by atoms with Crippen molar-refractivity contribution in [2.45, 2.75) is 46.0 Å². The molecule has 0 rings (SSSR count). The van der Waals surface area contributed by atoms with E-state index in [1.807, 2.05) is 0 Å². The third kappa shape index (κ3) is 6.05. The van der Waals surface area contributed by atoms with Crippen molar-refractivity contribution >= 4 is 10.5 Å². The van der Waals surface area contributed by atoms with Gasteiger partial charge in [-0.3, -0.25) is 0 Å². The van der Waals surface area contributed by atoms with E-state index in [1.165, 1.54) is 32.1 Å². The molecule has 0 amide bonds. The lowest BCUT2D eigenvalue weighted by molar-refractivity contribution is 0.298. The van der Waals surface area contributed by atoms with Crippen molar-refractivity contribution in [1.29, 1.82) is 0 Å². The topological polar surface area (TPSA) is 9.23 Å². The van der Waals surface area contributed by atoms with Crippen LogP contribution in [-0.4, -0.2) is 17.1 Å². The van der Waals surface area contributed by atoms with Gasteiger partial charge in [0.05, 0.1) is 0 Å². The van der Waals surface area contributed by atoms with Crippen LogP contribution in [0.25, 0.3) is 0 Å². The molecular formula is C11H24OSi. The fourth-order valence-corrected chi connectivity index (χ4v) is 1.96. The molecule has 13 heavy (non-hydrogen) atoms. The highest BCUT2D eigenvalue weighted by molar-refractivity contribution is 5.97. The van der Waals surface area contributed by atoms with Gasteiger partial charge in [0.1, 0.15) is 10.5 Å². The summed E-state index contributed by atoms with van der Waals surface area (Å²) in [6.07, 6.45) is 8.37. The predicted octanol–water partition coefficient (Wildman–Crippen LogP) is 2.45. The Morgan fingerprint density at radius 1 is 1.38 bits per heavy atom. The summed E-state index contributed by atoms with van der Waals surface area (Å²) < 4.78 is 5.16. The van der Waals surface area contributed by atoms with E-state index in [1.54, 1.807) is 0 Å². The molecule has 0 heterocycles.